The largest absolute Gasteiger partial charge is 0.420 e. The van der Waals surface area contributed by atoms with E-state index >= 15 is 0 Å². The highest BCUT2D eigenvalue weighted by atomic mass is 16.4. The lowest BCUT2D eigenvalue weighted by molar-refractivity contribution is -0.119. The Labute approximate surface area is 155 Å². The molecule has 27 heavy (non-hydrogen) atoms. The fourth-order valence-corrected chi connectivity index (χ4v) is 3.39. The van der Waals surface area contributed by atoms with E-state index in [2.05, 4.69) is 5.32 Å². The summed E-state index contributed by atoms with van der Waals surface area (Å²) in [5, 5.41) is 2.82. The van der Waals surface area contributed by atoms with Gasteiger partial charge in [-0.3, -0.25) is 14.2 Å². The van der Waals surface area contributed by atoms with E-state index < -0.39 is 11.8 Å². The maximum Gasteiger partial charge on any atom is 0.420 e. The molecule has 0 aliphatic carbocycles. The molecule has 2 aromatic carbocycles. The van der Waals surface area contributed by atoms with Crippen molar-refractivity contribution in [3.05, 3.63) is 59.1 Å². The van der Waals surface area contributed by atoms with Gasteiger partial charge in [-0.1, -0.05) is 18.2 Å². The Kier molecular flexibility index (Phi) is 4.27. The van der Waals surface area contributed by atoms with Crippen molar-refractivity contribution < 1.29 is 14.0 Å². The first-order valence-electron chi connectivity index (χ1n) is 8.86. The zero-order chi connectivity index (χ0) is 19.0. The van der Waals surface area contributed by atoms with Crippen LogP contribution < -0.4 is 16.0 Å². The highest BCUT2D eigenvalue weighted by Gasteiger charge is 2.23. The Morgan fingerprint density at radius 3 is 2.74 bits per heavy atom. The first-order valence-corrected chi connectivity index (χ1v) is 8.86. The summed E-state index contributed by atoms with van der Waals surface area (Å²) in [6.07, 6.45) is 1.38. The third-order valence-corrected chi connectivity index (χ3v) is 4.78. The number of anilines is 2. The van der Waals surface area contributed by atoms with Crippen molar-refractivity contribution in [2.24, 2.45) is 0 Å². The molecule has 1 aromatic heterocycles. The Morgan fingerprint density at radius 2 is 1.96 bits per heavy atom. The Balaban J connectivity index is 1.58. The lowest BCUT2D eigenvalue weighted by atomic mass is 10.2. The molecular weight excluding hydrogens is 346 g/mol. The predicted octanol–water partition coefficient (Wildman–Crippen LogP) is 2.92. The number of carbonyl (C=O) groups excluding carboxylic acids is 2. The van der Waals surface area contributed by atoms with Crippen molar-refractivity contribution in [3.8, 4) is 0 Å². The number of nitrogens with zero attached hydrogens (tertiary/aromatic N) is 2. The summed E-state index contributed by atoms with van der Waals surface area (Å²) in [6.45, 7) is 2.33. The molecule has 1 fully saturated rings. The lowest BCUT2D eigenvalue weighted by Crippen LogP contribution is -2.29. The van der Waals surface area contributed by atoms with E-state index in [1.54, 1.807) is 54.3 Å². The minimum Gasteiger partial charge on any atom is -0.408 e. The second-order valence-corrected chi connectivity index (χ2v) is 6.57. The Morgan fingerprint density at radius 1 is 1.15 bits per heavy atom. The summed E-state index contributed by atoms with van der Waals surface area (Å²) < 4.78 is 6.53. The van der Waals surface area contributed by atoms with Crippen LogP contribution in [-0.4, -0.2) is 22.9 Å². The van der Waals surface area contributed by atoms with Crippen LogP contribution in [0.15, 0.2) is 57.7 Å². The molecule has 2 amide bonds. The number of para-hydroxylation sites is 2. The molecule has 3 aromatic rings. The van der Waals surface area contributed by atoms with Gasteiger partial charge in [0.15, 0.2) is 5.58 Å². The number of nitrogens with one attached hydrogen (secondary N) is 1. The normalized spacial score (nSPS) is 15.3. The molecular formula is C20H19N3O4. The van der Waals surface area contributed by atoms with E-state index in [-0.39, 0.29) is 11.8 Å². The van der Waals surface area contributed by atoms with Gasteiger partial charge < -0.3 is 14.6 Å². The number of hydrogen-bond donors (Lipinski definition) is 1. The summed E-state index contributed by atoms with van der Waals surface area (Å²) in [5.41, 5.74) is 2.34. The fraction of sp³-hybridized carbons (Fsp3) is 0.250. The van der Waals surface area contributed by atoms with E-state index in [0.29, 0.717) is 29.8 Å². The van der Waals surface area contributed by atoms with E-state index in [0.717, 1.165) is 12.1 Å². The van der Waals surface area contributed by atoms with Gasteiger partial charge in [0.1, 0.15) is 6.04 Å². The van der Waals surface area contributed by atoms with Gasteiger partial charge in [0, 0.05) is 24.3 Å². The van der Waals surface area contributed by atoms with Crippen molar-refractivity contribution in [3.63, 3.8) is 0 Å². The molecule has 0 saturated carbocycles. The third kappa shape index (κ3) is 3.12. The third-order valence-electron chi connectivity index (χ3n) is 4.78. The van der Waals surface area contributed by atoms with Crippen LogP contribution in [0.1, 0.15) is 25.8 Å². The number of hydrogen-bond acceptors (Lipinski definition) is 4. The first-order chi connectivity index (χ1) is 13.0. The second kappa shape index (κ2) is 6.75. The average molecular weight is 365 g/mol. The van der Waals surface area contributed by atoms with Crippen LogP contribution in [0.5, 0.6) is 0 Å². The summed E-state index contributed by atoms with van der Waals surface area (Å²) >= 11 is 0. The van der Waals surface area contributed by atoms with Crippen LogP contribution >= 0.6 is 0 Å². The van der Waals surface area contributed by atoms with E-state index in [1.807, 2.05) is 6.07 Å². The van der Waals surface area contributed by atoms with Gasteiger partial charge in [0.2, 0.25) is 11.8 Å². The minimum absolute atomic E-state index is 0.0864. The number of rotatable bonds is 4. The molecule has 7 nitrogen and oxygen atoms in total. The predicted molar refractivity (Wildman–Crippen MR) is 102 cm³/mol. The number of benzene rings is 2. The van der Waals surface area contributed by atoms with Crippen molar-refractivity contribution in [1.82, 2.24) is 4.57 Å². The summed E-state index contributed by atoms with van der Waals surface area (Å²) in [6, 6.07) is 13.4. The van der Waals surface area contributed by atoms with E-state index in [4.69, 9.17) is 4.42 Å². The second-order valence-electron chi connectivity index (χ2n) is 6.57. The van der Waals surface area contributed by atoms with Gasteiger partial charge in [-0.2, -0.15) is 0 Å². The van der Waals surface area contributed by atoms with Crippen molar-refractivity contribution in [2.45, 2.75) is 25.8 Å². The molecule has 7 heteroatoms. The number of oxazole rings is 1. The van der Waals surface area contributed by atoms with Crippen LogP contribution in [0.4, 0.5) is 11.4 Å². The number of aromatic nitrogens is 1. The van der Waals surface area contributed by atoms with Gasteiger partial charge >= 0.3 is 5.76 Å². The molecule has 1 saturated heterocycles. The SMILES string of the molecule is CC(C(=O)Nc1cccc(N2CCCC2=O)c1)n1c(=O)oc2ccccc21. The molecule has 2 heterocycles. The summed E-state index contributed by atoms with van der Waals surface area (Å²) in [5.74, 6) is -0.827. The molecule has 1 unspecified atom stereocenters. The maximum absolute atomic E-state index is 12.7. The topological polar surface area (TPSA) is 84.5 Å². The van der Waals surface area contributed by atoms with Gasteiger partial charge in [-0.15, -0.1) is 0 Å². The first kappa shape index (κ1) is 17.1. The van der Waals surface area contributed by atoms with Crippen LogP contribution in [-0.2, 0) is 9.59 Å². The van der Waals surface area contributed by atoms with Crippen LogP contribution in [0, 0.1) is 0 Å². The van der Waals surface area contributed by atoms with Crippen LogP contribution in [0.3, 0.4) is 0 Å². The van der Waals surface area contributed by atoms with Crippen LogP contribution in [0.2, 0.25) is 0 Å². The highest BCUT2D eigenvalue weighted by Crippen LogP contribution is 2.25. The molecule has 0 spiro atoms. The van der Waals surface area contributed by atoms with Gasteiger partial charge in [0.25, 0.3) is 0 Å². The molecule has 1 aliphatic rings. The van der Waals surface area contributed by atoms with Gasteiger partial charge in [-0.05, 0) is 43.7 Å². The number of fused-ring (bicyclic) bond motifs is 1. The fourth-order valence-electron chi connectivity index (χ4n) is 3.39. The van der Waals surface area contributed by atoms with Gasteiger partial charge in [-0.25, -0.2) is 4.79 Å². The molecule has 0 bridgehead atoms. The molecule has 1 N–H and O–H groups in total. The lowest BCUT2D eigenvalue weighted by Gasteiger charge is -2.18. The molecule has 1 aliphatic heterocycles. The molecule has 0 radical (unpaired) electrons. The number of amides is 2. The quantitative estimate of drug-likeness (QED) is 0.770. The summed E-state index contributed by atoms with van der Waals surface area (Å²) in [7, 11) is 0. The van der Waals surface area contributed by atoms with Gasteiger partial charge in [0.05, 0.1) is 5.52 Å². The van der Waals surface area contributed by atoms with E-state index in [1.165, 1.54) is 4.57 Å². The Bertz CT molecular complexity index is 1080. The highest BCUT2D eigenvalue weighted by molar-refractivity contribution is 5.98. The minimum atomic E-state index is -0.752. The van der Waals surface area contributed by atoms with E-state index in [9.17, 15) is 14.4 Å². The molecule has 138 valence electrons. The maximum atomic E-state index is 12.7. The monoisotopic (exact) mass is 365 g/mol. The smallest absolute Gasteiger partial charge is 0.408 e. The zero-order valence-corrected chi connectivity index (χ0v) is 14.8. The summed E-state index contributed by atoms with van der Waals surface area (Å²) in [4.78, 5) is 38.5. The average Bonchev–Trinajstić information content (AvgIpc) is 3.23. The molecule has 4 rings (SSSR count). The van der Waals surface area contributed by atoms with Crippen molar-refractivity contribution in [1.29, 1.82) is 0 Å². The van der Waals surface area contributed by atoms with Crippen molar-refractivity contribution in [2.75, 3.05) is 16.8 Å². The van der Waals surface area contributed by atoms with Crippen molar-refractivity contribution >= 4 is 34.3 Å². The zero-order valence-electron chi connectivity index (χ0n) is 14.8. The standard InChI is InChI=1S/C20H19N3O4/c1-13(23-16-8-2-3-9-17(16)27-20(23)26)19(25)21-14-6-4-7-15(12-14)22-11-5-10-18(22)24/h2-4,6-9,12-13H,5,10-11H2,1H3,(H,21,25). The number of carbonyl (C=O) groups is 2. The molecule has 1 atom stereocenters. The Hall–Kier alpha value is -3.35. The van der Waals surface area contributed by atoms with Crippen LogP contribution in [0.25, 0.3) is 11.1 Å².